The van der Waals surface area contributed by atoms with E-state index < -0.39 is 0 Å². The van der Waals surface area contributed by atoms with Gasteiger partial charge in [0.15, 0.2) is 0 Å². The van der Waals surface area contributed by atoms with E-state index in [2.05, 4.69) is 24.9 Å². The molecule has 0 spiro atoms. The van der Waals surface area contributed by atoms with Crippen molar-refractivity contribution in [2.24, 2.45) is 0 Å². The summed E-state index contributed by atoms with van der Waals surface area (Å²) < 4.78 is 0. The fourth-order valence-corrected chi connectivity index (χ4v) is 2.72. The van der Waals surface area contributed by atoms with Gasteiger partial charge >= 0.3 is 0 Å². The van der Waals surface area contributed by atoms with Crippen molar-refractivity contribution in [2.75, 3.05) is 20.1 Å². The molecule has 1 aliphatic heterocycles. The Morgan fingerprint density at radius 2 is 1.81 bits per heavy atom. The van der Waals surface area contributed by atoms with Gasteiger partial charge in [0.05, 0.1) is 5.56 Å². The molecule has 0 aliphatic carbocycles. The van der Waals surface area contributed by atoms with Gasteiger partial charge in [-0.1, -0.05) is 25.8 Å². The van der Waals surface area contributed by atoms with Gasteiger partial charge in [0.25, 0.3) is 0 Å². The second-order valence-electron chi connectivity index (χ2n) is 5.71. The number of hydrogen-bond acceptors (Lipinski definition) is 3. The lowest BCUT2D eigenvalue weighted by Gasteiger charge is -2.23. The quantitative estimate of drug-likeness (QED) is 0.809. The van der Waals surface area contributed by atoms with E-state index in [-0.39, 0.29) is 23.9 Å². The van der Waals surface area contributed by atoms with Crippen LogP contribution in [0, 0.1) is 0 Å². The van der Waals surface area contributed by atoms with Gasteiger partial charge in [0, 0.05) is 13.1 Å². The maximum Gasteiger partial charge on any atom is 0.127 e. The standard InChI is InChI=1S/C17H25NO2.ClH/c1-3-4-5-6-13-11-15(19)17(16(20)12-13)14-7-9-18(2)10-8-14;/h7,11-12,19-20H,3-6,8-10H2,1-2H3;1H. The van der Waals surface area contributed by atoms with Crippen molar-refractivity contribution in [1.29, 1.82) is 0 Å². The molecule has 118 valence electrons. The van der Waals surface area contributed by atoms with Gasteiger partial charge in [-0.15, -0.1) is 12.4 Å². The molecule has 1 heterocycles. The highest BCUT2D eigenvalue weighted by molar-refractivity contribution is 5.85. The molecule has 1 aliphatic rings. The summed E-state index contributed by atoms with van der Waals surface area (Å²) in [6.07, 6.45) is 7.33. The first-order valence-corrected chi connectivity index (χ1v) is 7.54. The molecule has 0 saturated carbocycles. The molecule has 3 nitrogen and oxygen atoms in total. The Labute approximate surface area is 133 Å². The van der Waals surface area contributed by atoms with Crippen molar-refractivity contribution in [3.8, 4) is 11.5 Å². The Bertz CT molecular complexity index is 477. The zero-order valence-corrected chi connectivity index (χ0v) is 13.7. The minimum Gasteiger partial charge on any atom is -0.507 e. The van der Waals surface area contributed by atoms with Crippen molar-refractivity contribution in [2.45, 2.75) is 39.0 Å². The maximum absolute atomic E-state index is 10.2. The fraction of sp³-hybridized carbons (Fsp3) is 0.529. The maximum atomic E-state index is 10.2. The summed E-state index contributed by atoms with van der Waals surface area (Å²) in [4.78, 5) is 2.22. The number of aromatic hydroxyl groups is 2. The molecule has 0 unspecified atom stereocenters. The van der Waals surface area contributed by atoms with E-state index in [0.29, 0.717) is 5.56 Å². The van der Waals surface area contributed by atoms with Crippen LogP contribution in [-0.2, 0) is 6.42 Å². The molecular formula is C17H26ClNO2. The van der Waals surface area contributed by atoms with Gasteiger partial charge < -0.3 is 15.1 Å². The lowest BCUT2D eigenvalue weighted by Crippen LogP contribution is -2.23. The predicted molar refractivity (Wildman–Crippen MR) is 90.3 cm³/mol. The highest BCUT2D eigenvalue weighted by Gasteiger charge is 2.17. The summed E-state index contributed by atoms with van der Waals surface area (Å²) in [5.41, 5.74) is 2.70. The number of phenolic OH excluding ortho intramolecular Hbond substituents is 2. The van der Waals surface area contributed by atoms with Crippen molar-refractivity contribution in [1.82, 2.24) is 4.90 Å². The van der Waals surface area contributed by atoms with Crippen LogP contribution in [0.2, 0.25) is 0 Å². The van der Waals surface area contributed by atoms with Crippen molar-refractivity contribution >= 4 is 18.0 Å². The Balaban J connectivity index is 0.00000220. The van der Waals surface area contributed by atoms with E-state index in [1.165, 1.54) is 12.8 Å². The normalized spacial score (nSPS) is 15.4. The van der Waals surface area contributed by atoms with E-state index in [9.17, 15) is 10.2 Å². The first kappa shape index (κ1) is 17.9. The number of aryl methyl sites for hydroxylation is 1. The lowest BCUT2D eigenvalue weighted by atomic mass is 9.95. The molecule has 21 heavy (non-hydrogen) atoms. The van der Waals surface area contributed by atoms with E-state index in [0.717, 1.165) is 43.5 Å². The van der Waals surface area contributed by atoms with Crippen LogP contribution in [0.15, 0.2) is 18.2 Å². The summed E-state index contributed by atoms with van der Waals surface area (Å²) in [6, 6.07) is 3.62. The molecule has 4 heteroatoms. The zero-order valence-electron chi connectivity index (χ0n) is 12.9. The highest BCUT2D eigenvalue weighted by atomic mass is 35.5. The fourth-order valence-electron chi connectivity index (χ4n) is 2.72. The Kier molecular flexibility index (Phi) is 7.06. The Hall–Kier alpha value is -1.19. The highest BCUT2D eigenvalue weighted by Crippen LogP contribution is 2.37. The van der Waals surface area contributed by atoms with Gasteiger partial charge in [-0.3, -0.25) is 0 Å². The van der Waals surface area contributed by atoms with Crippen LogP contribution in [0.4, 0.5) is 0 Å². The Morgan fingerprint density at radius 1 is 1.14 bits per heavy atom. The van der Waals surface area contributed by atoms with Crippen LogP contribution in [0.3, 0.4) is 0 Å². The third-order valence-electron chi connectivity index (χ3n) is 3.96. The number of unbranched alkanes of at least 4 members (excludes halogenated alkanes) is 2. The summed E-state index contributed by atoms with van der Waals surface area (Å²) in [5.74, 6) is 0.430. The number of halogens is 1. The Morgan fingerprint density at radius 3 is 2.33 bits per heavy atom. The zero-order chi connectivity index (χ0) is 14.5. The molecule has 0 bridgehead atoms. The summed E-state index contributed by atoms with van der Waals surface area (Å²) >= 11 is 0. The van der Waals surface area contributed by atoms with Gasteiger partial charge in [0.1, 0.15) is 11.5 Å². The first-order chi connectivity index (χ1) is 9.61. The lowest BCUT2D eigenvalue weighted by molar-refractivity contribution is 0.368. The third kappa shape index (κ3) is 4.65. The molecule has 0 aromatic heterocycles. The van der Waals surface area contributed by atoms with E-state index in [4.69, 9.17) is 0 Å². The molecule has 0 atom stereocenters. The number of rotatable bonds is 5. The molecule has 1 aromatic carbocycles. The number of hydrogen-bond donors (Lipinski definition) is 2. The average Bonchev–Trinajstić information content (AvgIpc) is 2.40. The monoisotopic (exact) mass is 311 g/mol. The van der Waals surface area contributed by atoms with Crippen LogP contribution < -0.4 is 0 Å². The second-order valence-corrected chi connectivity index (χ2v) is 5.71. The summed E-state index contributed by atoms with van der Waals surface area (Å²) in [6.45, 7) is 4.00. The molecule has 0 fully saturated rings. The topological polar surface area (TPSA) is 43.7 Å². The molecule has 2 rings (SSSR count). The minimum atomic E-state index is 0. The van der Waals surface area contributed by atoms with Crippen LogP contribution in [0.25, 0.3) is 5.57 Å². The largest absolute Gasteiger partial charge is 0.507 e. The van der Waals surface area contributed by atoms with Crippen LogP contribution in [-0.4, -0.2) is 35.3 Å². The van der Waals surface area contributed by atoms with Crippen LogP contribution in [0.1, 0.15) is 43.7 Å². The molecule has 0 radical (unpaired) electrons. The SMILES string of the molecule is CCCCCc1cc(O)c(C2=CCN(C)CC2)c(O)c1.Cl. The summed E-state index contributed by atoms with van der Waals surface area (Å²) in [5, 5.41) is 20.5. The van der Waals surface area contributed by atoms with Crippen molar-refractivity contribution in [3.05, 3.63) is 29.3 Å². The minimum absolute atomic E-state index is 0. The number of phenols is 2. The van der Waals surface area contributed by atoms with E-state index in [1.807, 2.05) is 12.1 Å². The van der Waals surface area contributed by atoms with E-state index in [1.54, 1.807) is 0 Å². The van der Waals surface area contributed by atoms with Gasteiger partial charge in [-0.25, -0.2) is 0 Å². The van der Waals surface area contributed by atoms with Crippen LogP contribution >= 0.6 is 12.4 Å². The molecule has 2 N–H and O–H groups in total. The second kappa shape index (κ2) is 8.30. The molecular weight excluding hydrogens is 286 g/mol. The first-order valence-electron chi connectivity index (χ1n) is 7.54. The number of likely N-dealkylation sites (N-methyl/N-ethyl adjacent to an activating group) is 1. The third-order valence-corrected chi connectivity index (χ3v) is 3.96. The smallest absolute Gasteiger partial charge is 0.127 e. The van der Waals surface area contributed by atoms with Crippen molar-refractivity contribution in [3.63, 3.8) is 0 Å². The van der Waals surface area contributed by atoms with Crippen molar-refractivity contribution < 1.29 is 10.2 Å². The predicted octanol–water partition coefficient (Wildman–Crippen LogP) is 3.97. The number of nitrogens with zero attached hydrogens (tertiary/aromatic N) is 1. The molecule has 1 aromatic rings. The number of benzene rings is 1. The summed E-state index contributed by atoms with van der Waals surface area (Å²) in [7, 11) is 2.07. The molecule has 0 saturated heterocycles. The van der Waals surface area contributed by atoms with Gasteiger partial charge in [0.2, 0.25) is 0 Å². The van der Waals surface area contributed by atoms with Gasteiger partial charge in [-0.05, 0) is 49.6 Å². The van der Waals surface area contributed by atoms with Crippen LogP contribution in [0.5, 0.6) is 11.5 Å². The van der Waals surface area contributed by atoms with E-state index >= 15 is 0 Å². The average molecular weight is 312 g/mol. The molecule has 0 amide bonds. The van der Waals surface area contributed by atoms with Gasteiger partial charge in [-0.2, -0.15) is 0 Å².